The molecular formula is C19H29NO2. The predicted octanol–water partition coefficient (Wildman–Crippen LogP) is 4.19. The summed E-state index contributed by atoms with van der Waals surface area (Å²) in [6, 6.07) is 6.19. The number of fused-ring (bicyclic) bond motifs is 1. The van der Waals surface area contributed by atoms with Crippen LogP contribution in [0.25, 0.3) is 0 Å². The lowest BCUT2D eigenvalue weighted by Gasteiger charge is -2.21. The van der Waals surface area contributed by atoms with Gasteiger partial charge < -0.3 is 10.0 Å². The number of hydrogen-bond donors (Lipinski definition) is 1. The van der Waals surface area contributed by atoms with Crippen LogP contribution in [-0.4, -0.2) is 15.9 Å². The van der Waals surface area contributed by atoms with Crippen LogP contribution in [-0.2, 0) is 17.9 Å². The van der Waals surface area contributed by atoms with Crippen LogP contribution in [0.4, 0.5) is 0 Å². The highest BCUT2D eigenvalue weighted by Gasteiger charge is 2.27. The second kappa shape index (κ2) is 7.77. The van der Waals surface area contributed by atoms with Crippen molar-refractivity contribution in [3.8, 4) is 0 Å². The molecule has 1 aliphatic heterocycles. The number of hydrogen-bond acceptors (Lipinski definition) is 2. The van der Waals surface area contributed by atoms with E-state index in [2.05, 4.69) is 32.9 Å². The summed E-state index contributed by atoms with van der Waals surface area (Å²) in [6.07, 6.45) is 4.38. The first kappa shape index (κ1) is 17.0. The van der Waals surface area contributed by atoms with Crippen molar-refractivity contribution in [1.82, 2.24) is 4.90 Å². The highest BCUT2D eigenvalue weighted by atomic mass is 16.3. The molecule has 0 saturated heterocycles. The van der Waals surface area contributed by atoms with Gasteiger partial charge in [0.2, 0.25) is 5.91 Å². The molecule has 1 aromatic rings. The Morgan fingerprint density at radius 3 is 2.50 bits per heavy atom. The molecule has 1 amide bonds. The minimum atomic E-state index is -0.381. The number of benzene rings is 1. The minimum absolute atomic E-state index is 0.143. The Morgan fingerprint density at radius 2 is 1.86 bits per heavy atom. The van der Waals surface area contributed by atoms with Gasteiger partial charge in [0.1, 0.15) is 0 Å². The summed E-state index contributed by atoms with van der Waals surface area (Å²) in [5.74, 6) is 0.415. The van der Waals surface area contributed by atoms with Crippen molar-refractivity contribution < 1.29 is 9.90 Å². The molecule has 0 fully saturated rings. The number of nitrogens with zero attached hydrogens (tertiary/aromatic N) is 1. The Kier molecular flexibility index (Phi) is 6.01. The number of aliphatic hydroxyl groups is 1. The number of amides is 1. The number of carbonyl (C=O) groups is 1. The normalized spacial score (nSPS) is 15.2. The number of carbonyl (C=O) groups excluding carboxylic acids is 1. The smallest absolute Gasteiger partial charge is 0.226 e. The summed E-state index contributed by atoms with van der Waals surface area (Å²) in [6.45, 7) is 7.71. The lowest BCUT2D eigenvalue weighted by Crippen LogP contribution is -2.31. The molecule has 3 nitrogen and oxygen atoms in total. The lowest BCUT2D eigenvalue weighted by molar-refractivity contribution is -0.136. The minimum Gasteiger partial charge on any atom is -0.388 e. The molecule has 3 heteroatoms. The van der Waals surface area contributed by atoms with Crippen LogP contribution in [0.5, 0.6) is 0 Å². The van der Waals surface area contributed by atoms with Gasteiger partial charge in [-0.1, -0.05) is 51.8 Å². The van der Waals surface area contributed by atoms with Gasteiger partial charge in [0.25, 0.3) is 0 Å². The third-order valence-electron chi connectivity index (χ3n) is 4.82. The third-order valence-corrected chi connectivity index (χ3v) is 4.82. The molecule has 1 aliphatic rings. The average Bonchev–Trinajstić information content (AvgIpc) is 2.96. The molecule has 1 unspecified atom stereocenters. The van der Waals surface area contributed by atoms with E-state index >= 15 is 0 Å². The first-order valence-corrected chi connectivity index (χ1v) is 8.69. The Bertz CT molecular complexity index is 508. The molecule has 1 N–H and O–H groups in total. The number of unbranched alkanes of at least 4 members (excludes halogenated alkanes) is 1. The number of aliphatic hydroxyl groups excluding tert-OH is 1. The fourth-order valence-corrected chi connectivity index (χ4v) is 3.24. The van der Waals surface area contributed by atoms with E-state index < -0.39 is 0 Å². The van der Waals surface area contributed by atoms with Gasteiger partial charge in [-0.25, -0.2) is 0 Å². The second-order valence-corrected chi connectivity index (χ2v) is 6.39. The summed E-state index contributed by atoms with van der Waals surface area (Å²) in [5, 5.41) is 10.2. The predicted molar refractivity (Wildman–Crippen MR) is 89.3 cm³/mol. The van der Waals surface area contributed by atoms with Crippen LogP contribution < -0.4 is 0 Å². The molecule has 0 bridgehead atoms. The Labute approximate surface area is 134 Å². The fourth-order valence-electron chi connectivity index (χ4n) is 3.24. The van der Waals surface area contributed by atoms with Gasteiger partial charge in [0.15, 0.2) is 0 Å². The van der Waals surface area contributed by atoms with Crippen molar-refractivity contribution in [1.29, 1.82) is 0 Å². The van der Waals surface area contributed by atoms with Crippen molar-refractivity contribution in [2.45, 2.75) is 72.1 Å². The van der Waals surface area contributed by atoms with Gasteiger partial charge >= 0.3 is 0 Å². The fraction of sp³-hybridized carbons (Fsp3) is 0.632. The van der Waals surface area contributed by atoms with E-state index in [-0.39, 0.29) is 17.9 Å². The Morgan fingerprint density at radius 1 is 1.18 bits per heavy atom. The Balaban J connectivity index is 2.06. The van der Waals surface area contributed by atoms with Crippen LogP contribution >= 0.6 is 0 Å². The van der Waals surface area contributed by atoms with Gasteiger partial charge in [0, 0.05) is 19.0 Å². The first-order chi connectivity index (χ1) is 10.6. The summed E-state index contributed by atoms with van der Waals surface area (Å²) in [4.78, 5) is 14.5. The third kappa shape index (κ3) is 3.70. The zero-order valence-corrected chi connectivity index (χ0v) is 14.1. The maximum Gasteiger partial charge on any atom is 0.226 e. The molecule has 122 valence electrons. The van der Waals surface area contributed by atoms with E-state index in [0.29, 0.717) is 6.54 Å². The van der Waals surface area contributed by atoms with Gasteiger partial charge in [-0.15, -0.1) is 0 Å². The van der Waals surface area contributed by atoms with Crippen molar-refractivity contribution in [2.24, 2.45) is 5.92 Å². The maximum absolute atomic E-state index is 12.5. The summed E-state index contributed by atoms with van der Waals surface area (Å²) in [5.41, 5.74) is 3.42. The molecule has 0 aliphatic carbocycles. The van der Waals surface area contributed by atoms with Crippen molar-refractivity contribution >= 4 is 5.91 Å². The van der Waals surface area contributed by atoms with E-state index in [1.165, 1.54) is 11.1 Å². The molecule has 22 heavy (non-hydrogen) atoms. The summed E-state index contributed by atoms with van der Waals surface area (Å²) >= 11 is 0. The van der Waals surface area contributed by atoms with E-state index in [1.54, 1.807) is 0 Å². The van der Waals surface area contributed by atoms with Gasteiger partial charge in [-0.05, 0) is 36.0 Å². The van der Waals surface area contributed by atoms with Crippen LogP contribution in [0.1, 0.15) is 75.7 Å². The largest absolute Gasteiger partial charge is 0.388 e. The van der Waals surface area contributed by atoms with Crippen LogP contribution in [0, 0.1) is 5.92 Å². The average molecular weight is 303 g/mol. The van der Waals surface area contributed by atoms with E-state index in [0.717, 1.165) is 44.2 Å². The van der Waals surface area contributed by atoms with Gasteiger partial charge in [0.05, 0.1) is 6.10 Å². The molecule has 0 saturated carbocycles. The van der Waals surface area contributed by atoms with Crippen LogP contribution in [0.15, 0.2) is 18.2 Å². The quantitative estimate of drug-likeness (QED) is 0.820. The highest BCUT2D eigenvalue weighted by Crippen LogP contribution is 2.29. The van der Waals surface area contributed by atoms with Crippen LogP contribution in [0.3, 0.4) is 0 Å². The maximum atomic E-state index is 12.5. The zero-order chi connectivity index (χ0) is 16.1. The van der Waals surface area contributed by atoms with Gasteiger partial charge in [-0.2, -0.15) is 0 Å². The van der Waals surface area contributed by atoms with E-state index in [9.17, 15) is 9.90 Å². The molecule has 1 heterocycles. The molecule has 1 atom stereocenters. The number of rotatable bonds is 7. The van der Waals surface area contributed by atoms with Crippen molar-refractivity contribution in [3.05, 3.63) is 34.9 Å². The molecule has 1 aromatic carbocycles. The lowest BCUT2D eigenvalue weighted by atomic mass is 10.00. The van der Waals surface area contributed by atoms with Crippen molar-refractivity contribution in [2.75, 3.05) is 0 Å². The van der Waals surface area contributed by atoms with E-state index in [4.69, 9.17) is 0 Å². The van der Waals surface area contributed by atoms with Gasteiger partial charge in [-0.3, -0.25) is 4.79 Å². The first-order valence-electron chi connectivity index (χ1n) is 8.69. The van der Waals surface area contributed by atoms with E-state index in [1.807, 2.05) is 11.0 Å². The zero-order valence-electron chi connectivity index (χ0n) is 14.1. The molecule has 0 aromatic heterocycles. The topological polar surface area (TPSA) is 40.5 Å². The highest BCUT2D eigenvalue weighted by molar-refractivity contribution is 5.79. The molecular weight excluding hydrogens is 274 g/mol. The SMILES string of the molecule is CCCCC(O)c1ccc2c(c1)CN(C(=O)C(CC)CC)C2. The summed E-state index contributed by atoms with van der Waals surface area (Å²) in [7, 11) is 0. The Hall–Kier alpha value is -1.35. The monoisotopic (exact) mass is 303 g/mol. The van der Waals surface area contributed by atoms with Crippen molar-refractivity contribution in [3.63, 3.8) is 0 Å². The van der Waals surface area contributed by atoms with Crippen LogP contribution in [0.2, 0.25) is 0 Å². The molecule has 2 rings (SSSR count). The molecule has 0 spiro atoms. The summed E-state index contributed by atoms with van der Waals surface area (Å²) < 4.78 is 0. The standard InChI is InChI=1S/C19H29NO2/c1-4-7-8-18(21)15-9-10-16-12-20(13-17(16)11-15)19(22)14(5-2)6-3/h9-11,14,18,21H,4-8,12-13H2,1-3H3. The molecule has 0 radical (unpaired) electrons. The second-order valence-electron chi connectivity index (χ2n) is 6.39.